The molecule has 0 spiro atoms. The number of hydrogen-bond donors (Lipinski definition) is 3. The number of carbonyl (C=O) groups excluding carboxylic acids is 1. The van der Waals surface area contributed by atoms with Crippen LogP contribution in [0, 0.1) is 0 Å². The summed E-state index contributed by atoms with van der Waals surface area (Å²) in [7, 11) is 1.56. The smallest absolute Gasteiger partial charge is 0.387 e. The fraction of sp³-hybridized carbons (Fsp3) is 0.863. The molecule has 0 bridgehead atoms. The van der Waals surface area contributed by atoms with Crippen molar-refractivity contribution in [2.75, 3.05) is 40.9 Å². The van der Waals surface area contributed by atoms with Crippen molar-refractivity contribution in [2.45, 2.75) is 244 Å². The average Bonchev–Trinajstić information content (AvgIpc) is 3.20. The molecule has 9 heteroatoms. The number of likely N-dealkylation sites (N-methyl/N-ethyl adjacent to an activating group) is 1. The van der Waals surface area contributed by atoms with Crippen molar-refractivity contribution < 1.29 is 32.9 Å². The number of rotatable bonds is 46. The van der Waals surface area contributed by atoms with Crippen LogP contribution in [0.15, 0.2) is 36.5 Å². The number of amides is 1. The molecule has 354 valence electrons. The first-order valence-electron chi connectivity index (χ1n) is 25.4. The molecule has 3 atom stereocenters. The molecule has 3 unspecified atom stereocenters. The van der Waals surface area contributed by atoms with Crippen LogP contribution in [0.25, 0.3) is 0 Å². The zero-order valence-corrected chi connectivity index (χ0v) is 41.1. The average molecular weight is 868 g/mol. The lowest BCUT2D eigenvalue weighted by Crippen LogP contribution is -2.45. The molecule has 0 aliphatic carbocycles. The molecule has 0 saturated carbocycles. The van der Waals surface area contributed by atoms with Gasteiger partial charge >= 0.3 is 7.82 Å². The maximum absolute atomic E-state index is 12.9. The van der Waals surface area contributed by atoms with E-state index in [0.717, 1.165) is 38.5 Å². The number of carbonyl (C=O) groups is 1. The lowest BCUT2D eigenvalue weighted by molar-refractivity contribution is -0.870. The van der Waals surface area contributed by atoms with Crippen molar-refractivity contribution in [3.05, 3.63) is 36.5 Å². The Labute approximate surface area is 372 Å². The number of nitrogens with one attached hydrogen (secondary N) is 1. The molecule has 0 radical (unpaired) electrons. The summed E-state index contributed by atoms with van der Waals surface area (Å²) in [5, 5.41) is 13.8. The van der Waals surface area contributed by atoms with Gasteiger partial charge in [0.25, 0.3) is 0 Å². The number of phosphoric acid groups is 1. The highest BCUT2D eigenvalue weighted by Crippen LogP contribution is 2.43. The van der Waals surface area contributed by atoms with Gasteiger partial charge in [0.1, 0.15) is 13.2 Å². The van der Waals surface area contributed by atoms with Crippen LogP contribution in [0.2, 0.25) is 0 Å². The molecule has 0 aromatic carbocycles. The van der Waals surface area contributed by atoms with E-state index in [0.29, 0.717) is 17.4 Å². The molecule has 0 aromatic heterocycles. The standard InChI is InChI=1S/C51H99N2O6P/c1-6-8-10-12-14-16-18-20-21-22-23-24-25-26-27-28-29-30-31-33-35-37-39-41-43-45-51(55)52-49(48-59-60(56,57)58-47-46-53(3,4)5)50(54)44-42-40-38-36-34-32-19-17-15-13-11-9-7-2/h22-23,34,36,42,44,49-50,54H,6-21,24-33,35,37-41,43,45-48H2,1-5H3,(H-,52,55,56,57)/p+1/b23-22-,36-34+,44-42+. The van der Waals surface area contributed by atoms with Crippen molar-refractivity contribution >= 4 is 13.7 Å². The number of quaternary nitrogens is 1. The molecule has 0 rings (SSSR count). The van der Waals surface area contributed by atoms with Gasteiger partial charge < -0.3 is 19.8 Å². The van der Waals surface area contributed by atoms with Crippen LogP contribution in [0.1, 0.15) is 232 Å². The Morgan fingerprint density at radius 3 is 1.33 bits per heavy atom. The number of phosphoric ester groups is 1. The van der Waals surface area contributed by atoms with Gasteiger partial charge in [0.2, 0.25) is 5.91 Å². The third-order valence-corrected chi connectivity index (χ3v) is 12.3. The summed E-state index contributed by atoms with van der Waals surface area (Å²) in [4.78, 5) is 23.2. The highest BCUT2D eigenvalue weighted by Gasteiger charge is 2.27. The summed E-state index contributed by atoms with van der Waals surface area (Å²) in [6.07, 6.45) is 53.8. The van der Waals surface area contributed by atoms with E-state index in [9.17, 15) is 19.4 Å². The van der Waals surface area contributed by atoms with Crippen LogP contribution in [0.5, 0.6) is 0 Å². The summed E-state index contributed by atoms with van der Waals surface area (Å²) in [6.45, 7) is 4.79. The molecule has 0 saturated heterocycles. The van der Waals surface area contributed by atoms with Gasteiger partial charge in [-0.1, -0.05) is 204 Å². The second-order valence-corrected chi connectivity index (χ2v) is 20.0. The summed E-state index contributed by atoms with van der Waals surface area (Å²) in [5.74, 6) is -0.186. The third-order valence-electron chi connectivity index (χ3n) is 11.3. The molecule has 0 heterocycles. The molecule has 0 fully saturated rings. The largest absolute Gasteiger partial charge is 0.472 e. The lowest BCUT2D eigenvalue weighted by atomic mass is 10.0. The topological polar surface area (TPSA) is 105 Å². The van der Waals surface area contributed by atoms with E-state index >= 15 is 0 Å². The molecule has 0 aromatic rings. The van der Waals surface area contributed by atoms with E-state index in [4.69, 9.17) is 9.05 Å². The van der Waals surface area contributed by atoms with Gasteiger partial charge in [0.05, 0.1) is 39.9 Å². The predicted octanol–water partition coefficient (Wildman–Crippen LogP) is 14.6. The molecule has 8 nitrogen and oxygen atoms in total. The van der Waals surface area contributed by atoms with Crippen molar-refractivity contribution in [2.24, 2.45) is 0 Å². The summed E-state index contributed by atoms with van der Waals surface area (Å²) >= 11 is 0. The molecule has 1 amide bonds. The van der Waals surface area contributed by atoms with Gasteiger partial charge in [-0.15, -0.1) is 0 Å². The Morgan fingerprint density at radius 2 is 0.917 bits per heavy atom. The van der Waals surface area contributed by atoms with Crippen LogP contribution in [-0.4, -0.2) is 73.4 Å². The van der Waals surface area contributed by atoms with E-state index in [1.165, 1.54) is 173 Å². The SMILES string of the molecule is CCCCCCCCC/C=C/CC/C=C/C(O)C(COP(=O)(O)OCC[N+](C)(C)C)NC(=O)CCCCCCCCCCCCCCC/C=C\CCCCCCCCCC. The second kappa shape index (κ2) is 43.0. The molecular weight excluding hydrogens is 768 g/mol. The zero-order valence-electron chi connectivity index (χ0n) is 40.2. The Balaban J connectivity index is 4.22. The first-order valence-corrected chi connectivity index (χ1v) is 26.9. The normalized spacial score (nSPS) is 14.4. The van der Waals surface area contributed by atoms with E-state index in [2.05, 4.69) is 43.5 Å². The number of nitrogens with zero attached hydrogens (tertiary/aromatic N) is 1. The Kier molecular flexibility index (Phi) is 42.1. The van der Waals surface area contributed by atoms with E-state index in [1.54, 1.807) is 6.08 Å². The van der Waals surface area contributed by atoms with Crippen molar-refractivity contribution in [3.63, 3.8) is 0 Å². The Morgan fingerprint density at radius 1 is 0.550 bits per heavy atom. The summed E-state index contributed by atoms with van der Waals surface area (Å²) in [5.41, 5.74) is 0. The van der Waals surface area contributed by atoms with Gasteiger partial charge in [0.15, 0.2) is 0 Å². The minimum Gasteiger partial charge on any atom is -0.387 e. The summed E-state index contributed by atoms with van der Waals surface area (Å²) in [6, 6.07) is -0.861. The first kappa shape index (κ1) is 58.7. The van der Waals surface area contributed by atoms with Gasteiger partial charge in [-0.05, 0) is 57.8 Å². The maximum Gasteiger partial charge on any atom is 0.472 e. The predicted molar refractivity (Wildman–Crippen MR) is 258 cm³/mol. The minimum atomic E-state index is -4.35. The highest BCUT2D eigenvalue weighted by molar-refractivity contribution is 7.47. The van der Waals surface area contributed by atoms with Crippen molar-refractivity contribution in [1.29, 1.82) is 0 Å². The molecule has 0 aliphatic heterocycles. The maximum atomic E-state index is 12.9. The monoisotopic (exact) mass is 868 g/mol. The van der Waals surface area contributed by atoms with Gasteiger partial charge in [-0.25, -0.2) is 4.57 Å². The van der Waals surface area contributed by atoms with Gasteiger partial charge in [-0.2, -0.15) is 0 Å². The molecular formula is C51H100N2O6P+. The summed E-state index contributed by atoms with van der Waals surface area (Å²) < 4.78 is 23.6. The highest BCUT2D eigenvalue weighted by atomic mass is 31.2. The number of hydrogen-bond acceptors (Lipinski definition) is 5. The van der Waals surface area contributed by atoms with Crippen molar-refractivity contribution in [3.8, 4) is 0 Å². The quantitative estimate of drug-likeness (QED) is 0.0244. The number of aliphatic hydroxyl groups excluding tert-OH is 1. The minimum absolute atomic E-state index is 0.0567. The molecule has 3 N–H and O–H groups in total. The number of aliphatic hydroxyl groups is 1. The Hall–Kier alpha value is -1.28. The van der Waals surface area contributed by atoms with E-state index in [1.807, 2.05) is 27.2 Å². The van der Waals surface area contributed by atoms with E-state index < -0.39 is 20.0 Å². The van der Waals surface area contributed by atoms with Crippen LogP contribution in [-0.2, 0) is 18.4 Å². The lowest BCUT2D eigenvalue weighted by Gasteiger charge is -2.25. The van der Waals surface area contributed by atoms with Crippen LogP contribution < -0.4 is 5.32 Å². The number of unbranched alkanes of at least 4 members (excludes halogenated alkanes) is 29. The second-order valence-electron chi connectivity index (χ2n) is 18.5. The Bertz CT molecular complexity index is 1070. The van der Waals surface area contributed by atoms with Gasteiger partial charge in [-0.3, -0.25) is 13.8 Å². The third kappa shape index (κ3) is 44.8. The van der Waals surface area contributed by atoms with Crippen molar-refractivity contribution in [1.82, 2.24) is 5.32 Å². The number of allylic oxidation sites excluding steroid dienone is 5. The zero-order chi connectivity index (χ0) is 44.3. The molecule has 0 aliphatic rings. The van der Waals surface area contributed by atoms with Crippen LogP contribution >= 0.6 is 7.82 Å². The van der Waals surface area contributed by atoms with Crippen LogP contribution in [0.4, 0.5) is 0 Å². The van der Waals surface area contributed by atoms with Crippen LogP contribution in [0.3, 0.4) is 0 Å². The fourth-order valence-corrected chi connectivity index (χ4v) is 8.02. The first-order chi connectivity index (χ1) is 29.0. The molecule has 60 heavy (non-hydrogen) atoms. The van der Waals surface area contributed by atoms with E-state index in [-0.39, 0.29) is 19.1 Å². The van der Waals surface area contributed by atoms with Gasteiger partial charge in [0, 0.05) is 6.42 Å². The fourth-order valence-electron chi connectivity index (χ4n) is 7.29.